The molecule has 3 aromatic rings. The number of hydrogen-bond donors (Lipinski definition) is 0. The van der Waals surface area contributed by atoms with Gasteiger partial charge in [-0.3, -0.25) is 4.79 Å². The van der Waals surface area contributed by atoms with Crippen LogP contribution in [0.25, 0.3) is 0 Å². The van der Waals surface area contributed by atoms with Crippen molar-refractivity contribution in [2.24, 2.45) is 0 Å². The molecule has 0 bridgehead atoms. The maximum absolute atomic E-state index is 12.3. The van der Waals surface area contributed by atoms with Gasteiger partial charge in [0.15, 0.2) is 5.78 Å². The SMILES string of the molecule is O=C1CCCc2c1ccc(OC(Cn1ccnc1)c1ccccc1)c2CBr. The second-order valence-electron chi connectivity index (χ2n) is 6.76. The molecule has 0 spiro atoms. The van der Waals surface area contributed by atoms with Crippen LogP contribution in [0.4, 0.5) is 0 Å². The van der Waals surface area contributed by atoms with Gasteiger partial charge in [-0.15, -0.1) is 0 Å². The molecule has 0 saturated carbocycles. The zero-order chi connectivity index (χ0) is 18.6. The van der Waals surface area contributed by atoms with Crippen molar-refractivity contribution in [1.82, 2.24) is 9.55 Å². The Bertz CT molecular complexity index is 923. The number of ether oxygens (including phenoxy) is 1. The van der Waals surface area contributed by atoms with Crippen molar-refractivity contribution in [3.8, 4) is 5.75 Å². The maximum Gasteiger partial charge on any atom is 0.163 e. The van der Waals surface area contributed by atoms with E-state index in [4.69, 9.17) is 4.74 Å². The third kappa shape index (κ3) is 3.83. The van der Waals surface area contributed by atoms with Crippen molar-refractivity contribution in [1.29, 1.82) is 0 Å². The third-order valence-electron chi connectivity index (χ3n) is 5.03. The molecule has 0 saturated heterocycles. The zero-order valence-electron chi connectivity index (χ0n) is 15.0. The first-order valence-electron chi connectivity index (χ1n) is 9.17. The number of hydrogen-bond acceptors (Lipinski definition) is 3. The highest BCUT2D eigenvalue weighted by Crippen LogP contribution is 2.35. The lowest BCUT2D eigenvalue weighted by atomic mass is 9.87. The Kier molecular flexibility index (Phi) is 5.39. The average Bonchev–Trinajstić information content (AvgIpc) is 3.21. The van der Waals surface area contributed by atoms with Gasteiger partial charge in [-0.25, -0.2) is 4.98 Å². The molecule has 138 valence electrons. The highest BCUT2D eigenvalue weighted by molar-refractivity contribution is 9.08. The minimum Gasteiger partial charge on any atom is -0.484 e. The second-order valence-corrected chi connectivity index (χ2v) is 7.32. The van der Waals surface area contributed by atoms with Gasteiger partial charge in [0.25, 0.3) is 0 Å². The highest BCUT2D eigenvalue weighted by Gasteiger charge is 2.24. The molecule has 2 aromatic carbocycles. The fourth-order valence-electron chi connectivity index (χ4n) is 3.65. The van der Waals surface area contributed by atoms with E-state index < -0.39 is 0 Å². The molecule has 0 fully saturated rings. The Morgan fingerprint density at radius 1 is 1.15 bits per heavy atom. The number of alkyl halides is 1. The first kappa shape index (κ1) is 18.0. The van der Waals surface area contributed by atoms with Gasteiger partial charge in [0.2, 0.25) is 0 Å². The third-order valence-corrected chi connectivity index (χ3v) is 5.59. The smallest absolute Gasteiger partial charge is 0.163 e. The molecule has 1 aliphatic rings. The van der Waals surface area contributed by atoms with Crippen LogP contribution in [0.2, 0.25) is 0 Å². The molecule has 1 unspecified atom stereocenters. The summed E-state index contributed by atoms with van der Waals surface area (Å²) >= 11 is 3.61. The highest BCUT2D eigenvalue weighted by atomic mass is 79.9. The Labute approximate surface area is 167 Å². The predicted molar refractivity (Wildman–Crippen MR) is 108 cm³/mol. The molecule has 5 heteroatoms. The summed E-state index contributed by atoms with van der Waals surface area (Å²) in [6, 6.07) is 14.1. The normalized spacial score (nSPS) is 14.6. The van der Waals surface area contributed by atoms with Crippen molar-refractivity contribution in [2.75, 3.05) is 0 Å². The van der Waals surface area contributed by atoms with E-state index >= 15 is 0 Å². The molecule has 0 aliphatic heterocycles. The molecule has 0 amide bonds. The quantitative estimate of drug-likeness (QED) is 0.515. The molecule has 27 heavy (non-hydrogen) atoms. The van der Waals surface area contributed by atoms with E-state index in [9.17, 15) is 4.79 Å². The fraction of sp³-hybridized carbons (Fsp3) is 0.273. The zero-order valence-corrected chi connectivity index (χ0v) is 16.6. The van der Waals surface area contributed by atoms with Crippen LogP contribution in [0.1, 0.15) is 46.0 Å². The molecule has 1 aliphatic carbocycles. The topological polar surface area (TPSA) is 44.1 Å². The number of halogens is 1. The molecule has 1 atom stereocenters. The number of imidazole rings is 1. The minimum absolute atomic E-state index is 0.143. The van der Waals surface area contributed by atoms with Gasteiger partial charge < -0.3 is 9.30 Å². The van der Waals surface area contributed by atoms with Crippen LogP contribution >= 0.6 is 15.9 Å². The molecule has 4 nitrogen and oxygen atoms in total. The van der Waals surface area contributed by atoms with E-state index in [1.165, 1.54) is 0 Å². The van der Waals surface area contributed by atoms with Crippen LogP contribution < -0.4 is 4.74 Å². The number of benzene rings is 2. The first-order valence-corrected chi connectivity index (χ1v) is 10.3. The van der Waals surface area contributed by atoms with Crippen LogP contribution in [0, 0.1) is 0 Å². The molecule has 1 heterocycles. The fourth-order valence-corrected chi connectivity index (χ4v) is 4.27. The van der Waals surface area contributed by atoms with Crippen molar-refractivity contribution in [2.45, 2.75) is 37.2 Å². The summed E-state index contributed by atoms with van der Waals surface area (Å²) in [4.78, 5) is 16.4. The summed E-state index contributed by atoms with van der Waals surface area (Å²) in [6.45, 7) is 0.668. The van der Waals surface area contributed by atoms with Gasteiger partial charge in [-0.1, -0.05) is 46.3 Å². The van der Waals surface area contributed by atoms with E-state index in [2.05, 4.69) is 33.0 Å². The number of rotatable bonds is 6. The van der Waals surface area contributed by atoms with Crippen LogP contribution in [-0.4, -0.2) is 15.3 Å². The van der Waals surface area contributed by atoms with Crippen LogP contribution in [-0.2, 0) is 18.3 Å². The Morgan fingerprint density at radius 2 is 2.00 bits per heavy atom. The predicted octanol–water partition coefficient (Wildman–Crippen LogP) is 5.12. The van der Waals surface area contributed by atoms with Crippen molar-refractivity contribution < 1.29 is 9.53 Å². The number of aromatic nitrogens is 2. The largest absolute Gasteiger partial charge is 0.484 e. The summed E-state index contributed by atoms with van der Waals surface area (Å²) in [7, 11) is 0. The van der Waals surface area contributed by atoms with E-state index in [-0.39, 0.29) is 11.9 Å². The van der Waals surface area contributed by atoms with Gasteiger partial charge in [0, 0.05) is 35.3 Å². The number of Topliss-reactive ketones (excluding diaryl/α,β-unsaturated/α-hetero) is 1. The summed E-state index contributed by atoms with van der Waals surface area (Å²) in [5.74, 6) is 1.08. The molecular weight excluding hydrogens is 404 g/mol. The number of carbonyl (C=O) groups excluding carboxylic acids is 1. The molecule has 0 radical (unpaired) electrons. The van der Waals surface area contributed by atoms with Crippen LogP contribution in [0.15, 0.2) is 61.2 Å². The van der Waals surface area contributed by atoms with Gasteiger partial charge in [0.05, 0.1) is 12.9 Å². The average molecular weight is 425 g/mol. The Balaban J connectivity index is 1.69. The second kappa shape index (κ2) is 8.09. The van der Waals surface area contributed by atoms with Gasteiger partial charge in [-0.05, 0) is 36.1 Å². The Morgan fingerprint density at radius 3 is 2.74 bits per heavy atom. The number of carbonyl (C=O) groups is 1. The summed E-state index contributed by atoms with van der Waals surface area (Å²) in [6.07, 6.45) is 7.85. The molecule has 1 aromatic heterocycles. The van der Waals surface area contributed by atoms with E-state index in [0.29, 0.717) is 18.3 Å². The van der Waals surface area contributed by atoms with Crippen molar-refractivity contribution in [3.05, 3.63) is 83.4 Å². The molecular formula is C22H21BrN2O2. The summed E-state index contributed by atoms with van der Waals surface area (Å²) < 4.78 is 8.53. The maximum atomic E-state index is 12.3. The lowest BCUT2D eigenvalue weighted by Gasteiger charge is -2.25. The number of ketones is 1. The number of fused-ring (bicyclic) bond motifs is 1. The number of nitrogens with zero attached hydrogens (tertiary/aromatic N) is 2. The standard InChI is InChI=1S/C22H21BrN2O2/c23-13-19-17-7-4-8-20(26)18(17)9-10-21(19)27-22(14-25-12-11-24-15-25)16-5-2-1-3-6-16/h1-3,5-6,9-12,15,22H,4,7-8,13-14H2. The van der Waals surface area contributed by atoms with Crippen molar-refractivity contribution >= 4 is 21.7 Å². The lowest BCUT2D eigenvalue weighted by Crippen LogP contribution is -2.17. The monoisotopic (exact) mass is 424 g/mol. The molecule has 0 N–H and O–H groups in total. The Hall–Kier alpha value is -2.40. The molecule has 4 rings (SSSR count). The van der Waals surface area contributed by atoms with Gasteiger partial charge in [-0.2, -0.15) is 0 Å². The van der Waals surface area contributed by atoms with Crippen molar-refractivity contribution in [3.63, 3.8) is 0 Å². The van der Waals surface area contributed by atoms with Gasteiger partial charge in [0.1, 0.15) is 11.9 Å². The van der Waals surface area contributed by atoms with E-state index in [0.717, 1.165) is 40.8 Å². The van der Waals surface area contributed by atoms with E-state index in [1.54, 1.807) is 12.5 Å². The lowest BCUT2D eigenvalue weighted by molar-refractivity contribution is 0.0972. The summed E-state index contributed by atoms with van der Waals surface area (Å²) in [5, 5.41) is 0.672. The van der Waals surface area contributed by atoms with Crippen LogP contribution in [0.3, 0.4) is 0 Å². The minimum atomic E-state index is -0.143. The van der Waals surface area contributed by atoms with Crippen LogP contribution in [0.5, 0.6) is 5.75 Å². The van der Waals surface area contributed by atoms with E-state index in [1.807, 2.05) is 41.1 Å². The summed E-state index contributed by atoms with van der Waals surface area (Å²) in [5.41, 5.74) is 4.19. The van der Waals surface area contributed by atoms with Gasteiger partial charge >= 0.3 is 0 Å². The first-order chi connectivity index (χ1) is 13.3.